The van der Waals surface area contributed by atoms with Crippen LogP contribution in [0.15, 0.2) is 24.3 Å². The first kappa shape index (κ1) is 17.2. The third-order valence-corrected chi connectivity index (χ3v) is 3.97. The Kier molecular flexibility index (Phi) is 9.40. The summed E-state index contributed by atoms with van der Waals surface area (Å²) in [5.74, 6) is 0. The van der Waals surface area contributed by atoms with E-state index in [9.17, 15) is 0 Å². The van der Waals surface area contributed by atoms with E-state index in [4.69, 9.17) is 0 Å². The smallest absolute Gasteiger partial charge is 0.0320 e. The molecular formula is C19H33N. The molecule has 0 bridgehead atoms. The molecule has 1 N–H and O–H groups in total. The van der Waals surface area contributed by atoms with E-state index in [1.54, 1.807) is 0 Å². The maximum atomic E-state index is 3.71. The second-order valence-corrected chi connectivity index (χ2v) is 5.97. The van der Waals surface area contributed by atoms with Crippen molar-refractivity contribution in [2.45, 2.75) is 78.2 Å². The van der Waals surface area contributed by atoms with Gasteiger partial charge in [0, 0.05) is 6.04 Å². The van der Waals surface area contributed by atoms with Gasteiger partial charge in [-0.3, -0.25) is 0 Å². The van der Waals surface area contributed by atoms with Gasteiger partial charge >= 0.3 is 0 Å². The Balaban J connectivity index is 2.37. The van der Waals surface area contributed by atoms with Crippen molar-refractivity contribution in [3.63, 3.8) is 0 Å². The van der Waals surface area contributed by atoms with Crippen LogP contribution in [0.4, 0.5) is 0 Å². The highest BCUT2D eigenvalue weighted by molar-refractivity contribution is 5.24. The van der Waals surface area contributed by atoms with Crippen LogP contribution in [0.3, 0.4) is 0 Å². The summed E-state index contributed by atoms with van der Waals surface area (Å²) in [4.78, 5) is 0. The third kappa shape index (κ3) is 7.09. The van der Waals surface area contributed by atoms with Crippen LogP contribution in [0.5, 0.6) is 0 Å². The zero-order valence-corrected chi connectivity index (χ0v) is 13.8. The molecule has 0 aromatic heterocycles. The molecule has 1 heteroatoms. The van der Waals surface area contributed by atoms with Crippen LogP contribution in [0, 0.1) is 6.92 Å². The van der Waals surface area contributed by atoms with Crippen molar-refractivity contribution >= 4 is 0 Å². The van der Waals surface area contributed by atoms with Crippen LogP contribution in [0.25, 0.3) is 0 Å². The third-order valence-electron chi connectivity index (χ3n) is 3.97. The first-order valence-electron chi connectivity index (χ1n) is 8.57. The second-order valence-electron chi connectivity index (χ2n) is 5.97. The van der Waals surface area contributed by atoms with E-state index in [-0.39, 0.29) is 0 Å². The van der Waals surface area contributed by atoms with Crippen LogP contribution >= 0.6 is 0 Å². The Hall–Kier alpha value is -0.820. The SMILES string of the molecule is CCCCCCCCC(NCCC)c1ccc(C)cc1. The molecule has 0 heterocycles. The molecule has 0 fully saturated rings. The molecule has 0 aliphatic rings. The lowest BCUT2D eigenvalue weighted by Crippen LogP contribution is -2.22. The van der Waals surface area contributed by atoms with Gasteiger partial charge in [0.25, 0.3) is 0 Å². The summed E-state index contributed by atoms with van der Waals surface area (Å²) in [6.07, 6.45) is 10.8. The largest absolute Gasteiger partial charge is 0.310 e. The standard InChI is InChI=1S/C19H33N/c1-4-6-7-8-9-10-11-19(20-16-5-2)18-14-12-17(3)13-15-18/h12-15,19-20H,4-11,16H2,1-3H3. The van der Waals surface area contributed by atoms with E-state index >= 15 is 0 Å². The zero-order chi connectivity index (χ0) is 14.6. The molecule has 20 heavy (non-hydrogen) atoms. The van der Waals surface area contributed by atoms with E-state index in [0.717, 1.165) is 6.54 Å². The summed E-state index contributed by atoms with van der Waals surface area (Å²) in [6.45, 7) is 7.80. The minimum atomic E-state index is 0.543. The van der Waals surface area contributed by atoms with Gasteiger partial charge in [0.05, 0.1) is 0 Å². The minimum Gasteiger partial charge on any atom is -0.310 e. The number of benzene rings is 1. The lowest BCUT2D eigenvalue weighted by atomic mass is 9.98. The van der Waals surface area contributed by atoms with Crippen LogP contribution < -0.4 is 5.32 Å². The molecule has 114 valence electrons. The molecule has 1 rings (SSSR count). The molecule has 0 amide bonds. The molecule has 0 saturated carbocycles. The van der Waals surface area contributed by atoms with Crippen molar-refractivity contribution in [1.82, 2.24) is 5.32 Å². The number of hydrogen-bond donors (Lipinski definition) is 1. The average molecular weight is 275 g/mol. The lowest BCUT2D eigenvalue weighted by molar-refractivity contribution is 0.466. The highest BCUT2D eigenvalue weighted by Gasteiger charge is 2.09. The van der Waals surface area contributed by atoms with Gasteiger partial charge in [0.1, 0.15) is 0 Å². The Morgan fingerprint density at radius 3 is 2.15 bits per heavy atom. The summed E-state index contributed by atoms with van der Waals surface area (Å²) in [7, 11) is 0. The molecule has 0 radical (unpaired) electrons. The van der Waals surface area contributed by atoms with E-state index in [0.29, 0.717) is 6.04 Å². The van der Waals surface area contributed by atoms with Crippen LogP contribution in [0.1, 0.15) is 82.4 Å². The summed E-state index contributed by atoms with van der Waals surface area (Å²) in [6, 6.07) is 9.59. The van der Waals surface area contributed by atoms with Gasteiger partial charge in [-0.05, 0) is 31.9 Å². The second kappa shape index (κ2) is 10.9. The molecule has 0 aliphatic carbocycles. The first-order chi connectivity index (χ1) is 9.77. The van der Waals surface area contributed by atoms with E-state index in [1.807, 2.05) is 0 Å². The summed E-state index contributed by atoms with van der Waals surface area (Å²) >= 11 is 0. The van der Waals surface area contributed by atoms with Gasteiger partial charge < -0.3 is 5.32 Å². The summed E-state index contributed by atoms with van der Waals surface area (Å²) in [5, 5.41) is 3.71. The van der Waals surface area contributed by atoms with Crippen LogP contribution in [-0.4, -0.2) is 6.54 Å². The quantitative estimate of drug-likeness (QED) is 0.504. The number of rotatable bonds is 11. The predicted octanol–water partition coefficient (Wildman–Crippen LogP) is 5.79. The predicted molar refractivity (Wildman–Crippen MR) is 90.2 cm³/mol. The highest BCUT2D eigenvalue weighted by Crippen LogP contribution is 2.21. The van der Waals surface area contributed by atoms with Gasteiger partial charge in [-0.15, -0.1) is 0 Å². The molecule has 1 atom stereocenters. The van der Waals surface area contributed by atoms with E-state index in [1.165, 1.54) is 62.5 Å². The topological polar surface area (TPSA) is 12.0 Å². The minimum absolute atomic E-state index is 0.543. The van der Waals surface area contributed by atoms with Gasteiger partial charge in [0.15, 0.2) is 0 Å². The normalized spacial score (nSPS) is 12.6. The fourth-order valence-corrected chi connectivity index (χ4v) is 2.63. The van der Waals surface area contributed by atoms with E-state index < -0.39 is 0 Å². The number of nitrogens with one attached hydrogen (secondary N) is 1. The van der Waals surface area contributed by atoms with E-state index in [2.05, 4.69) is 50.4 Å². The van der Waals surface area contributed by atoms with Crippen LogP contribution in [0.2, 0.25) is 0 Å². The van der Waals surface area contributed by atoms with Crippen molar-refractivity contribution in [2.24, 2.45) is 0 Å². The fourth-order valence-electron chi connectivity index (χ4n) is 2.63. The molecule has 1 aromatic carbocycles. The monoisotopic (exact) mass is 275 g/mol. The first-order valence-corrected chi connectivity index (χ1v) is 8.57. The maximum Gasteiger partial charge on any atom is 0.0320 e. The molecule has 0 spiro atoms. The molecule has 1 aromatic rings. The lowest BCUT2D eigenvalue weighted by Gasteiger charge is -2.19. The molecule has 1 nitrogen and oxygen atoms in total. The zero-order valence-electron chi connectivity index (χ0n) is 13.8. The fraction of sp³-hybridized carbons (Fsp3) is 0.684. The van der Waals surface area contributed by atoms with Crippen molar-refractivity contribution < 1.29 is 0 Å². The van der Waals surface area contributed by atoms with Gasteiger partial charge in [-0.25, -0.2) is 0 Å². The number of hydrogen-bond acceptors (Lipinski definition) is 1. The number of aryl methyl sites for hydroxylation is 1. The highest BCUT2D eigenvalue weighted by atomic mass is 14.9. The average Bonchev–Trinajstić information content (AvgIpc) is 2.47. The van der Waals surface area contributed by atoms with Crippen molar-refractivity contribution in [3.05, 3.63) is 35.4 Å². The molecular weight excluding hydrogens is 242 g/mol. The van der Waals surface area contributed by atoms with Crippen molar-refractivity contribution in [3.8, 4) is 0 Å². The van der Waals surface area contributed by atoms with Gasteiger partial charge in [-0.2, -0.15) is 0 Å². The molecule has 0 aliphatic heterocycles. The summed E-state index contributed by atoms with van der Waals surface area (Å²) in [5.41, 5.74) is 2.81. The molecule has 0 saturated heterocycles. The maximum absolute atomic E-state index is 3.71. The Labute approximate surface area is 126 Å². The molecule has 1 unspecified atom stereocenters. The Bertz CT molecular complexity index is 328. The Morgan fingerprint density at radius 1 is 0.850 bits per heavy atom. The van der Waals surface area contributed by atoms with Gasteiger partial charge in [0.2, 0.25) is 0 Å². The van der Waals surface area contributed by atoms with Crippen molar-refractivity contribution in [1.29, 1.82) is 0 Å². The summed E-state index contributed by atoms with van der Waals surface area (Å²) < 4.78 is 0. The van der Waals surface area contributed by atoms with Crippen LogP contribution in [-0.2, 0) is 0 Å². The Morgan fingerprint density at radius 2 is 1.50 bits per heavy atom. The van der Waals surface area contributed by atoms with Crippen molar-refractivity contribution in [2.75, 3.05) is 6.54 Å². The number of unbranched alkanes of at least 4 members (excludes halogenated alkanes) is 5. The van der Waals surface area contributed by atoms with Gasteiger partial charge in [-0.1, -0.05) is 82.2 Å².